The van der Waals surface area contributed by atoms with E-state index in [1.54, 1.807) is 0 Å². The molecule has 0 radical (unpaired) electrons. The predicted octanol–water partition coefficient (Wildman–Crippen LogP) is 1.46. The van der Waals surface area contributed by atoms with Crippen LogP contribution in [-0.4, -0.2) is 47.0 Å². The Bertz CT molecular complexity index is 480. The molecule has 5 nitrogen and oxygen atoms in total. The molecule has 3 atom stereocenters. The summed E-state index contributed by atoms with van der Waals surface area (Å²) >= 11 is 0. The molecule has 0 amide bonds. The van der Waals surface area contributed by atoms with Crippen molar-refractivity contribution in [1.82, 2.24) is 9.97 Å². The Morgan fingerprint density at radius 1 is 1.35 bits per heavy atom. The van der Waals surface area contributed by atoms with E-state index in [1.807, 2.05) is 20.0 Å². The first-order chi connectivity index (χ1) is 9.66. The maximum atomic E-state index is 10.2. The van der Waals surface area contributed by atoms with Crippen LogP contribution in [0.3, 0.4) is 0 Å². The smallest absolute Gasteiger partial charge is 0.225 e. The minimum Gasteiger partial charge on any atom is -0.393 e. The fourth-order valence-electron chi connectivity index (χ4n) is 3.26. The molecular formula is C15H23N3O2. The summed E-state index contributed by atoms with van der Waals surface area (Å²) in [6.07, 6.45) is 4.58. The third-order valence-electron chi connectivity index (χ3n) is 4.62. The van der Waals surface area contributed by atoms with Gasteiger partial charge in [-0.1, -0.05) is 0 Å². The van der Waals surface area contributed by atoms with Crippen molar-refractivity contribution in [3.63, 3.8) is 0 Å². The molecule has 0 saturated carbocycles. The number of rotatable bonds is 2. The van der Waals surface area contributed by atoms with E-state index in [4.69, 9.17) is 4.74 Å². The Morgan fingerprint density at radius 2 is 2.20 bits per heavy atom. The first kappa shape index (κ1) is 13.8. The lowest BCUT2D eigenvalue weighted by atomic mass is 9.89. The second-order valence-electron chi connectivity index (χ2n) is 5.94. The first-order valence-corrected chi connectivity index (χ1v) is 7.49. The molecule has 1 aromatic rings. The fraction of sp³-hybridized carbons (Fsp3) is 0.733. The van der Waals surface area contributed by atoms with Crippen molar-refractivity contribution in [2.75, 3.05) is 24.7 Å². The van der Waals surface area contributed by atoms with E-state index in [9.17, 15) is 5.11 Å². The Labute approximate surface area is 120 Å². The van der Waals surface area contributed by atoms with Gasteiger partial charge in [0.1, 0.15) is 0 Å². The zero-order valence-corrected chi connectivity index (χ0v) is 12.2. The Kier molecular flexibility index (Phi) is 3.89. The van der Waals surface area contributed by atoms with Gasteiger partial charge in [0.25, 0.3) is 0 Å². The van der Waals surface area contributed by atoms with Crippen LogP contribution in [0.4, 0.5) is 5.95 Å². The van der Waals surface area contributed by atoms with Crippen LogP contribution in [0.25, 0.3) is 0 Å². The van der Waals surface area contributed by atoms with Crippen LogP contribution in [-0.2, 0) is 4.74 Å². The number of aryl methyl sites for hydroxylation is 2. The van der Waals surface area contributed by atoms with Crippen LogP contribution in [0.15, 0.2) is 6.20 Å². The molecule has 0 bridgehead atoms. The number of anilines is 1. The molecule has 2 fully saturated rings. The molecule has 110 valence electrons. The third-order valence-corrected chi connectivity index (χ3v) is 4.62. The standard InChI is InChI=1S/C15H23N3O2/c1-10-8-16-15(17-11(10)2)18-6-3-4-13(18)12-9-20-7-5-14(12)19/h8,12-14,19H,3-7,9H2,1-2H3/t12-,13-,14-/m1/s1. The van der Waals surface area contributed by atoms with Crippen molar-refractivity contribution in [3.05, 3.63) is 17.5 Å². The Morgan fingerprint density at radius 3 is 2.95 bits per heavy atom. The second-order valence-corrected chi connectivity index (χ2v) is 5.94. The van der Waals surface area contributed by atoms with Crippen LogP contribution < -0.4 is 4.90 Å². The van der Waals surface area contributed by atoms with Gasteiger partial charge in [0.15, 0.2) is 0 Å². The van der Waals surface area contributed by atoms with E-state index >= 15 is 0 Å². The summed E-state index contributed by atoms with van der Waals surface area (Å²) in [7, 11) is 0. The number of aromatic nitrogens is 2. The SMILES string of the molecule is Cc1cnc(N2CCC[C@@H]2[C@H]2COCC[C@H]2O)nc1C. The van der Waals surface area contributed by atoms with Gasteiger partial charge in [-0.05, 0) is 38.7 Å². The van der Waals surface area contributed by atoms with E-state index in [-0.39, 0.29) is 12.0 Å². The molecule has 3 heterocycles. The van der Waals surface area contributed by atoms with Crippen LogP contribution in [0.1, 0.15) is 30.5 Å². The molecule has 2 aliphatic rings. The van der Waals surface area contributed by atoms with Crippen molar-refractivity contribution in [2.24, 2.45) is 5.92 Å². The molecular weight excluding hydrogens is 254 g/mol. The normalized spacial score (nSPS) is 30.8. The predicted molar refractivity (Wildman–Crippen MR) is 76.8 cm³/mol. The van der Waals surface area contributed by atoms with Gasteiger partial charge in [0.2, 0.25) is 5.95 Å². The largest absolute Gasteiger partial charge is 0.393 e. The number of aliphatic hydroxyl groups is 1. The molecule has 2 aliphatic heterocycles. The summed E-state index contributed by atoms with van der Waals surface area (Å²) in [4.78, 5) is 11.4. The van der Waals surface area contributed by atoms with E-state index in [0.717, 1.165) is 43.0 Å². The van der Waals surface area contributed by atoms with Gasteiger partial charge >= 0.3 is 0 Å². The topological polar surface area (TPSA) is 58.5 Å². The fourth-order valence-corrected chi connectivity index (χ4v) is 3.26. The maximum absolute atomic E-state index is 10.2. The summed E-state index contributed by atoms with van der Waals surface area (Å²) in [6.45, 7) is 6.33. The van der Waals surface area contributed by atoms with Crippen molar-refractivity contribution in [2.45, 2.75) is 45.3 Å². The monoisotopic (exact) mass is 277 g/mol. The summed E-state index contributed by atoms with van der Waals surface area (Å²) in [5, 5.41) is 10.2. The summed E-state index contributed by atoms with van der Waals surface area (Å²) in [5.41, 5.74) is 2.15. The zero-order valence-electron chi connectivity index (χ0n) is 12.2. The third kappa shape index (κ3) is 2.52. The summed E-state index contributed by atoms with van der Waals surface area (Å²) in [5.74, 6) is 0.977. The van der Waals surface area contributed by atoms with Crippen LogP contribution in [0.5, 0.6) is 0 Å². The number of hydrogen-bond donors (Lipinski definition) is 1. The molecule has 2 saturated heterocycles. The highest BCUT2D eigenvalue weighted by molar-refractivity contribution is 5.36. The molecule has 3 rings (SSSR count). The average Bonchev–Trinajstić information content (AvgIpc) is 2.91. The van der Waals surface area contributed by atoms with Gasteiger partial charge in [-0.15, -0.1) is 0 Å². The van der Waals surface area contributed by atoms with Crippen molar-refractivity contribution in [1.29, 1.82) is 0 Å². The molecule has 0 aliphatic carbocycles. The first-order valence-electron chi connectivity index (χ1n) is 7.49. The lowest BCUT2D eigenvalue weighted by Crippen LogP contribution is -2.46. The number of ether oxygens (including phenoxy) is 1. The van der Waals surface area contributed by atoms with E-state index in [2.05, 4.69) is 14.9 Å². The van der Waals surface area contributed by atoms with Gasteiger partial charge in [0.05, 0.1) is 12.7 Å². The van der Waals surface area contributed by atoms with Gasteiger partial charge in [-0.25, -0.2) is 9.97 Å². The highest BCUT2D eigenvalue weighted by Gasteiger charge is 2.38. The molecule has 1 N–H and O–H groups in total. The summed E-state index contributed by atoms with van der Waals surface area (Å²) in [6, 6.07) is 0.299. The Balaban J connectivity index is 1.82. The number of nitrogens with zero attached hydrogens (tertiary/aromatic N) is 3. The lowest BCUT2D eigenvalue weighted by molar-refractivity contribution is -0.0438. The lowest BCUT2D eigenvalue weighted by Gasteiger charge is -2.37. The highest BCUT2D eigenvalue weighted by Crippen LogP contribution is 2.32. The van der Waals surface area contributed by atoms with E-state index in [0.29, 0.717) is 19.3 Å². The van der Waals surface area contributed by atoms with E-state index < -0.39 is 0 Å². The number of hydrogen-bond acceptors (Lipinski definition) is 5. The van der Waals surface area contributed by atoms with Crippen LogP contribution in [0.2, 0.25) is 0 Å². The van der Waals surface area contributed by atoms with Crippen LogP contribution in [0, 0.1) is 19.8 Å². The number of aliphatic hydroxyl groups excluding tert-OH is 1. The van der Waals surface area contributed by atoms with Crippen molar-refractivity contribution < 1.29 is 9.84 Å². The molecule has 5 heteroatoms. The van der Waals surface area contributed by atoms with Gasteiger partial charge < -0.3 is 14.7 Å². The Hall–Kier alpha value is -1.20. The second kappa shape index (κ2) is 5.66. The molecule has 0 unspecified atom stereocenters. The van der Waals surface area contributed by atoms with E-state index in [1.165, 1.54) is 0 Å². The van der Waals surface area contributed by atoms with Gasteiger partial charge in [-0.2, -0.15) is 0 Å². The van der Waals surface area contributed by atoms with Gasteiger partial charge in [-0.3, -0.25) is 0 Å². The van der Waals surface area contributed by atoms with Crippen molar-refractivity contribution in [3.8, 4) is 0 Å². The molecule has 0 aromatic carbocycles. The zero-order chi connectivity index (χ0) is 14.1. The van der Waals surface area contributed by atoms with Crippen LogP contribution >= 0.6 is 0 Å². The summed E-state index contributed by atoms with van der Waals surface area (Å²) < 4.78 is 5.56. The highest BCUT2D eigenvalue weighted by atomic mass is 16.5. The molecule has 20 heavy (non-hydrogen) atoms. The molecule has 1 aromatic heterocycles. The molecule has 0 spiro atoms. The average molecular weight is 277 g/mol. The minimum atomic E-state index is -0.263. The maximum Gasteiger partial charge on any atom is 0.225 e. The quantitative estimate of drug-likeness (QED) is 0.887. The minimum absolute atomic E-state index is 0.177. The van der Waals surface area contributed by atoms with Gasteiger partial charge in [0, 0.05) is 37.0 Å². The van der Waals surface area contributed by atoms with Crippen molar-refractivity contribution >= 4 is 5.95 Å².